The molecule has 0 N–H and O–H groups in total. The van der Waals surface area contributed by atoms with E-state index in [1.54, 1.807) is 6.92 Å². The number of azide groups is 1. The lowest BCUT2D eigenvalue weighted by atomic mass is 9.79. The van der Waals surface area contributed by atoms with Crippen LogP contribution in [0, 0.1) is 0 Å². The van der Waals surface area contributed by atoms with Gasteiger partial charge in [0, 0.05) is 24.9 Å². The van der Waals surface area contributed by atoms with Crippen molar-refractivity contribution >= 4 is 14.0 Å². The van der Waals surface area contributed by atoms with E-state index in [0.717, 1.165) is 31.2 Å². The molecule has 0 aromatic heterocycles. The van der Waals surface area contributed by atoms with Gasteiger partial charge in [-0.2, -0.15) is 0 Å². The third-order valence-electron chi connectivity index (χ3n) is 4.50. The highest BCUT2D eigenvalue weighted by Gasteiger charge is 2.39. The van der Waals surface area contributed by atoms with E-state index in [2.05, 4.69) is 29.7 Å². The Balaban J connectivity index is 2.62. The number of ether oxygens (including phenoxy) is 1. The molecular formula is C14H27N3O2Si. The maximum absolute atomic E-state index is 11.5. The first-order valence-electron chi connectivity index (χ1n) is 7.55. The highest BCUT2D eigenvalue weighted by atomic mass is 28.3. The molecule has 1 fully saturated rings. The standard InChI is InChI=1S/C14H27N3O2Si/c1-5-19-13(18)8-11-14(16-17-15)9-6-12(7-10-14)20(2,3)4/h12H,5-11H2,1-4H3. The highest BCUT2D eigenvalue weighted by molar-refractivity contribution is 6.77. The van der Waals surface area contributed by atoms with E-state index in [-0.39, 0.29) is 11.5 Å². The van der Waals surface area contributed by atoms with Gasteiger partial charge in [0.25, 0.3) is 0 Å². The minimum atomic E-state index is -1.13. The highest BCUT2D eigenvalue weighted by Crippen LogP contribution is 2.44. The van der Waals surface area contributed by atoms with Crippen molar-refractivity contribution in [3.8, 4) is 0 Å². The molecule has 0 spiro atoms. The summed E-state index contributed by atoms with van der Waals surface area (Å²) in [5.41, 5.74) is 9.26. The Hall–Kier alpha value is -1.00. The second-order valence-electron chi connectivity index (χ2n) is 6.86. The lowest BCUT2D eigenvalue weighted by Gasteiger charge is -2.41. The zero-order chi connectivity index (χ0) is 15.2. The number of carbonyl (C=O) groups excluding carboxylic acids is 1. The first-order valence-corrected chi connectivity index (χ1v) is 11.1. The smallest absolute Gasteiger partial charge is 0.305 e. The fourth-order valence-electron chi connectivity index (χ4n) is 3.08. The molecular weight excluding hydrogens is 270 g/mol. The van der Waals surface area contributed by atoms with Crippen molar-refractivity contribution < 1.29 is 9.53 Å². The third-order valence-corrected chi connectivity index (χ3v) is 7.52. The maximum Gasteiger partial charge on any atom is 0.305 e. The molecule has 1 aliphatic rings. The van der Waals surface area contributed by atoms with Crippen molar-refractivity contribution in [2.75, 3.05) is 6.61 Å². The summed E-state index contributed by atoms with van der Waals surface area (Å²) < 4.78 is 4.96. The van der Waals surface area contributed by atoms with Gasteiger partial charge in [0.15, 0.2) is 0 Å². The Morgan fingerprint density at radius 3 is 2.45 bits per heavy atom. The van der Waals surface area contributed by atoms with E-state index in [0.29, 0.717) is 19.4 Å². The van der Waals surface area contributed by atoms with Crippen LogP contribution in [0.5, 0.6) is 0 Å². The average Bonchev–Trinajstić information content (AvgIpc) is 2.37. The number of carbonyl (C=O) groups is 1. The summed E-state index contributed by atoms with van der Waals surface area (Å²) in [6, 6.07) is 0. The Morgan fingerprint density at radius 2 is 2.00 bits per heavy atom. The molecule has 0 saturated heterocycles. The van der Waals surface area contributed by atoms with Crippen molar-refractivity contribution in [3.63, 3.8) is 0 Å². The van der Waals surface area contributed by atoms with Gasteiger partial charge in [0.1, 0.15) is 0 Å². The molecule has 114 valence electrons. The number of rotatable bonds is 6. The second kappa shape index (κ2) is 7.13. The van der Waals surface area contributed by atoms with Gasteiger partial charge < -0.3 is 4.74 Å². The molecule has 0 aliphatic heterocycles. The molecule has 0 bridgehead atoms. The van der Waals surface area contributed by atoms with Crippen molar-refractivity contribution in [2.24, 2.45) is 5.11 Å². The maximum atomic E-state index is 11.5. The van der Waals surface area contributed by atoms with Crippen molar-refractivity contribution in [1.82, 2.24) is 0 Å². The molecule has 0 unspecified atom stereocenters. The third kappa shape index (κ3) is 4.83. The Bertz CT molecular complexity index is 378. The molecule has 0 aromatic carbocycles. The van der Waals surface area contributed by atoms with Crippen LogP contribution in [0.15, 0.2) is 5.11 Å². The minimum Gasteiger partial charge on any atom is -0.466 e. The molecule has 6 heteroatoms. The molecule has 20 heavy (non-hydrogen) atoms. The van der Waals surface area contributed by atoms with Crippen LogP contribution in [-0.2, 0) is 9.53 Å². The van der Waals surface area contributed by atoms with Crippen LogP contribution in [0.25, 0.3) is 10.4 Å². The lowest BCUT2D eigenvalue weighted by Crippen LogP contribution is -2.38. The van der Waals surface area contributed by atoms with Crippen LogP contribution in [0.2, 0.25) is 25.2 Å². The van der Waals surface area contributed by atoms with Crippen LogP contribution in [0.1, 0.15) is 45.4 Å². The minimum absolute atomic E-state index is 0.188. The Kier molecular flexibility index (Phi) is 6.08. The van der Waals surface area contributed by atoms with Gasteiger partial charge in [-0.25, -0.2) is 0 Å². The molecule has 5 nitrogen and oxygen atoms in total. The van der Waals surface area contributed by atoms with Gasteiger partial charge in [0.05, 0.1) is 6.61 Å². The zero-order valence-electron chi connectivity index (χ0n) is 13.2. The number of nitrogens with zero attached hydrogens (tertiary/aromatic N) is 3. The van der Waals surface area contributed by atoms with Gasteiger partial charge in [-0.05, 0) is 37.3 Å². The zero-order valence-corrected chi connectivity index (χ0v) is 14.2. The van der Waals surface area contributed by atoms with Crippen LogP contribution >= 0.6 is 0 Å². The molecule has 0 heterocycles. The van der Waals surface area contributed by atoms with E-state index in [4.69, 9.17) is 10.3 Å². The first kappa shape index (κ1) is 17.0. The van der Waals surface area contributed by atoms with E-state index in [1.165, 1.54) is 0 Å². The van der Waals surface area contributed by atoms with E-state index in [9.17, 15) is 4.79 Å². The van der Waals surface area contributed by atoms with Crippen molar-refractivity contribution in [3.05, 3.63) is 10.4 Å². The van der Waals surface area contributed by atoms with Crippen molar-refractivity contribution in [1.29, 1.82) is 0 Å². The van der Waals surface area contributed by atoms with Gasteiger partial charge in [-0.3, -0.25) is 4.79 Å². The SMILES string of the molecule is CCOC(=O)CCC1(N=[N+]=[N-])CCC([Si](C)(C)C)CC1. The topological polar surface area (TPSA) is 75.1 Å². The largest absolute Gasteiger partial charge is 0.466 e. The van der Waals surface area contributed by atoms with Crippen LogP contribution < -0.4 is 0 Å². The Labute approximate surface area is 122 Å². The quantitative estimate of drug-likeness (QED) is 0.235. The first-order chi connectivity index (χ1) is 9.33. The van der Waals surface area contributed by atoms with Crippen LogP contribution in [-0.4, -0.2) is 26.2 Å². The van der Waals surface area contributed by atoms with Gasteiger partial charge >= 0.3 is 5.97 Å². The monoisotopic (exact) mass is 297 g/mol. The molecule has 0 atom stereocenters. The summed E-state index contributed by atoms with van der Waals surface area (Å²) in [4.78, 5) is 14.5. The van der Waals surface area contributed by atoms with Gasteiger partial charge in [0.2, 0.25) is 0 Å². The summed E-state index contributed by atoms with van der Waals surface area (Å²) in [7, 11) is -1.13. The molecule has 1 saturated carbocycles. The van der Waals surface area contributed by atoms with Crippen molar-refractivity contribution in [2.45, 2.75) is 76.2 Å². The lowest BCUT2D eigenvalue weighted by molar-refractivity contribution is -0.143. The molecule has 0 amide bonds. The average molecular weight is 297 g/mol. The summed E-state index contributed by atoms with van der Waals surface area (Å²) in [6.45, 7) is 9.41. The van der Waals surface area contributed by atoms with E-state index < -0.39 is 8.07 Å². The predicted molar refractivity (Wildman–Crippen MR) is 83.3 cm³/mol. The summed E-state index contributed by atoms with van der Waals surface area (Å²) in [5.74, 6) is -0.188. The molecule has 1 rings (SSSR count). The van der Waals surface area contributed by atoms with Crippen LogP contribution in [0.4, 0.5) is 0 Å². The molecule has 0 aromatic rings. The number of hydrogen-bond donors (Lipinski definition) is 0. The van der Waals surface area contributed by atoms with E-state index >= 15 is 0 Å². The predicted octanol–water partition coefficient (Wildman–Crippen LogP) is 4.66. The molecule has 1 aliphatic carbocycles. The number of hydrogen-bond acceptors (Lipinski definition) is 3. The number of esters is 1. The fourth-order valence-corrected chi connectivity index (χ4v) is 5.10. The normalized spacial score (nSPS) is 26.7. The summed E-state index contributed by atoms with van der Waals surface area (Å²) in [5, 5.41) is 4.05. The van der Waals surface area contributed by atoms with E-state index in [1.807, 2.05) is 0 Å². The fraction of sp³-hybridized carbons (Fsp3) is 0.929. The molecule has 0 radical (unpaired) electrons. The van der Waals surface area contributed by atoms with Crippen LogP contribution in [0.3, 0.4) is 0 Å². The second-order valence-corrected chi connectivity index (χ2v) is 12.4. The Morgan fingerprint density at radius 1 is 1.40 bits per heavy atom. The summed E-state index contributed by atoms with van der Waals surface area (Å²) in [6.07, 6.45) is 5.03. The summed E-state index contributed by atoms with van der Waals surface area (Å²) >= 11 is 0. The van der Waals surface area contributed by atoms with Gasteiger partial charge in [-0.15, -0.1) is 0 Å². The van der Waals surface area contributed by atoms with Gasteiger partial charge in [-0.1, -0.05) is 37.6 Å².